The summed E-state index contributed by atoms with van der Waals surface area (Å²) in [4.78, 5) is 0. The molecule has 2 nitrogen and oxygen atoms in total. The Kier molecular flexibility index (Phi) is 3.48. The highest BCUT2D eigenvalue weighted by atomic mass is 19.1. The van der Waals surface area contributed by atoms with Crippen LogP contribution in [0.3, 0.4) is 0 Å². The van der Waals surface area contributed by atoms with Crippen molar-refractivity contribution in [1.82, 2.24) is 5.32 Å². The summed E-state index contributed by atoms with van der Waals surface area (Å²) in [6, 6.07) is 3.83. The molecule has 2 aromatic rings. The lowest BCUT2D eigenvalue weighted by Gasteiger charge is -2.16. The van der Waals surface area contributed by atoms with Crippen molar-refractivity contribution in [3.8, 4) is 0 Å². The lowest BCUT2D eigenvalue weighted by atomic mass is 9.99. The summed E-state index contributed by atoms with van der Waals surface area (Å²) in [6.07, 6.45) is 1.55. The molecule has 1 atom stereocenters. The molecule has 1 aromatic carbocycles. The zero-order valence-corrected chi connectivity index (χ0v) is 10.6. The lowest BCUT2D eigenvalue weighted by Crippen LogP contribution is -2.18. The molecule has 0 saturated heterocycles. The molecule has 0 aliphatic carbocycles. The maximum atomic E-state index is 13.9. The third kappa shape index (κ3) is 2.29. The molecular weight excluding hydrogens is 236 g/mol. The van der Waals surface area contributed by atoms with E-state index in [0.717, 1.165) is 11.3 Å². The van der Waals surface area contributed by atoms with Gasteiger partial charge < -0.3 is 9.73 Å². The molecule has 0 bridgehead atoms. The Bertz CT molecular complexity index is 563. The molecule has 96 valence electrons. The molecule has 0 spiro atoms. The Labute approximate surface area is 105 Å². The summed E-state index contributed by atoms with van der Waals surface area (Å²) in [7, 11) is 1.70. The number of halogens is 2. The van der Waals surface area contributed by atoms with Crippen molar-refractivity contribution in [2.24, 2.45) is 0 Å². The second kappa shape index (κ2) is 4.90. The van der Waals surface area contributed by atoms with Crippen LogP contribution in [-0.2, 0) is 0 Å². The van der Waals surface area contributed by atoms with Gasteiger partial charge in [-0.05, 0) is 44.7 Å². The summed E-state index contributed by atoms with van der Waals surface area (Å²) < 4.78 is 32.7. The number of nitrogens with one attached hydrogen (secondary N) is 1. The normalized spacial score (nSPS) is 12.7. The number of rotatable bonds is 3. The van der Waals surface area contributed by atoms with Crippen LogP contribution in [0.1, 0.15) is 28.5 Å². The summed E-state index contributed by atoms with van der Waals surface area (Å²) in [5, 5.41) is 2.97. The first-order chi connectivity index (χ1) is 8.52. The average molecular weight is 251 g/mol. The Hall–Kier alpha value is -1.68. The van der Waals surface area contributed by atoms with E-state index in [1.165, 1.54) is 12.1 Å². The van der Waals surface area contributed by atoms with Gasteiger partial charge in [0.25, 0.3) is 0 Å². The molecule has 1 aromatic heterocycles. The third-order valence-corrected chi connectivity index (χ3v) is 2.96. The van der Waals surface area contributed by atoms with Crippen molar-refractivity contribution in [2.75, 3.05) is 7.05 Å². The molecule has 0 amide bonds. The van der Waals surface area contributed by atoms with Gasteiger partial charge >= 0.3 is 0 Å². The van der Waals surface area contributed by atoms with Crippen LogP contribution in [0.4, 0.5) is 8.78 Å². The summed E-state index contributed by atoms with van der Waals surface area (Å²) in [5.74, 6) is -0.0998. The number of aryl methyl sites for hydroxylation is 2. The molecule has 1 heterocycles. The SMILES string of the molecule is CNC(c1coc(C)c1)c1cc(F)c(C)cc1F. The minimum atomic E-state index is -0.424. The highest BCUT2D eigenvalue weighted by Gasteiger charge is 2.19. The predicted molar refractivity (Wildman–Crippen MR) is 65.4 cm³/mol. The van der Waals surface area contributed by atoms with Crippen LogP contribution in [0.2, 0.25) is 0 Å². The van der Waals surface area contributed by atoms with E-state index in [1.54, 1.807) is 26.3 Å². The zero-order valence-electron chi connectivity index (χ0n) is 10.6. The van der Waals surface area contributed by atoms with E-state index < -0.39 is 17.7 Å². The summed E-state index contributed by atoms with van der Waals surface area (Å²) >= 11 is 0. The van der Waals surface area contributed by atoms with Crippen molar-refractivity contribution in [2.45, 2.75) is 19.9 Å². The lowest BCUT2D eigenvalue weighted by molar-refractivity contribution is 0.522. The van der Waals surface area contributed by atoms with Crippen LogP contribution >= 0.6 is 0 Å². The van der Waals surface area contributed by atoms with Crippen LogP contribution in [0.15, 0.2) is 28.9 Å². The van der Waals surface area contributed by atoms with Gasteiger partial charge in [-0.15, -0.1) is 0 Å². The minimum absolute atomic E-state index is 0.279. The smallest absolute Gasteiger partial charge is 0.128 e. The van der Waals surface area contributed by atoms with Crippen LogP contribution in [0.5, 0.6) is 0 Å². The number of furan rings is 1. The van der Waals surface area contributed by atoms with Gasteiger partial charge in [0.1, 0.15) is 17.4 Å². The molecule has 2 rings (SSSR count). The van der Waals surface area contributed by atoms with E-state index in [1.807, 2.05) is 6.92 Å². The summed E-state index contributed by atoms with van der Waals surface area (Å²) in [5.41, 5.74) is 1.35. The van der Waals surface area contributed by atoms with Gasteiger partial charge in [-0.1, -0.05) is 0 Å². The number of hydrogen-bond acceptors (Lipinski definition) is 2. The first kappa shape index (κ1) is 12.8. The molecule has 0 fully saturated rings. The average Bonchev–Trinajstić information content (AvgIpc) is 2.73. The molecule has 18 heavy (non-hydrogen) atoms. The van der Waals surface area contributed by atoms with E-state index in [9.17, 15) is 8.78 Å². The van der Waals surface area contributed by atoms with Crippen LogP contribution in [-0.4, -0.2) is 7.05 Å². The van der Waals surface area contributed by atoms with E-state index in [0.29, 0.717) is 5.56 Å². The fourth-order valence-corrected chi connectivity index (χ4v) is 2.00. The van der Waals surface area contributed by atoms with Crippen molar-refractivity contribution in [1.29, 1.82) is 0 Å². The van der Waals surface area contributed by atoms with Gasteiger partial charge in [-0.25, -0.2) is 8.78 Å². The van der Waals surface area contributed by atoms with Gasteiger partial charge in [0.15, 0.2) is 0 Å². The van der Waals surface area contributed by atoms with Crippen molar-refractivity contribution in [3.63, 3.8) is 0 Å². The van der Waals surface area contributed by atoms with Crippen LogP contribution in [0.25, 0.3) is 0 Å². The van der Waals surface area contributed by atoms with Crippen molar-refractivity contribution >= 4 is 0 Å². The highest BCUT2D eigenvalue weighted by Crippen LogP contribution is 2.27. The fraction of sp³-hybridized carbons (Fsp3) is 0.286. The molecule has 0 saturated carbocycles. The second-order valence-corrected chi connectivity index (χ2v) is 4.34. The maximum Gasteiger partial charge on any atom is 0.128 e. The second-order valence-electron chi connectivity index (χ2n) is 4.34. The molecule has 0 aliphatic heterocycles. The summed E-state index contributed by atoms with van der Waals surface area (Å²) in [6.45, 7) is 3.35. The van der Waals surface area contributed by atoms with E-state index in [4.69, 9.17) is 4.42 Å². The minimum Gasteiger partial charge on any atom is -0.469 e. The fourth-order valence-electron chi connectivity index (χ4n) is 2.00. The largest absolute Gasteiger partial charge is 0.469 e. The molecule has 4 heteroatoms. The highest BCUT2D eigenvalue weighted by molar-refractivity contribution is 5.34. The van der Waals surface area contributed by atoms with Gasteiger partial charge in [0.05, 0.1) is 12.3 Å². The Balaban J connectivity index is 2.48. The monoisotopic (exact) mass is 251 g/mol. The quantitative estimate of drug-likeness (QED) is 0.903. The molecule has 0 aliphatic rings. The third-order valence-electron chi connectivity index (χ3n) is 2.96. The van der Waals surface area contributed by atoms with Crippen LogP contribution < -0.4 is 5.32 Å². The van der Waals surface area contributed by atoms with E-state index >= 15 is 0 Å². The number of hydrogen-bond donors (Lipinski definition) is 1. The zero-order chi connectivity index (χ0) is 13.3. The van der Waals surface area contributed by atoms with Gasteiger partial charge in [0, 0.05) is 11.1 Å². The Morgan fingerprint density at radius 1 is 1.11 bits per heavy atom. The van der Waals surface area contributed by atoms with Crippen molar-refractivity contribution in [3.05, 3.63) is 58.5 Å². The van der Waals surface area contributed by atoms with E-state index in [2.05, 4.69) is 5.32 Å². The maximum absolute atomic E-state index is 13.9. The number of benzene rings is 1. The van der Waals surface area contributed by atoms with Gasteiger partial charge in [-0.3, -0.25) is 0 Å². The first-order valence-corrected chi connectivity index (χ1v) is 5.70. The van der Waals surface area contributed by atoms with Gasteiger partial charge in [-0.2, -0.15) is 0 Å². The first-order valence-electron chi connectivity index (χ1n) is 5.70. The molecule has 0 radical (unpaired) electrons. The predicted octanol–water partition coefficient (Wildman–Crippen LogP) is 3.48. The topological polar surface area (TPSA) is 25.2 Å². The molecule has 1 unspecified atom stereocenters. The standard InChI is InChI=1S/C14H15F2NO/c1-8-4-13(16)11(6-12(8)15)14(17-3)10-5-9(2)18-7-10/h4-7,14,17H,1-3H3. The Morgan fingerprint density at radius 2 is 1.83 bits per heavy atom. The Morgan fingerprint density at radius 3 is 2.39 bits per heavy atom. The van der Waals surface area contributed by atoms with Crippen LogP contribution in [0, 0.1) is 25.5 Å². The molecule has 1 N–H and O–H groups in total. The molecular formula is C14H15F2NO. The van der Waals surface area contributed by atoms with Gasteiger partial charge in [0.2, 0.25) is 0 Å². The van der Waals surface area contributed by atoms with E-state index in [-0.39, 0.29) is 5.56 Å². The van der Waals surface area contributed by atoms with Crippen molar-refractivity contribution < 1.29 is 13.2 Å².